The summed E-state index contributed by atoms with van der Waals surface area (Å²) in [5.74, 6) is -0.518. The van der Waals surface area contributed by atoms with E-state index >= 15 is 0 Å². The van der Waals surface area contributed by atoms with Gasteiger partial charge in [0.15, 0.2) is 0 Å². The van der Waals surface area contributed by atoms with Crippen LogP contribution < -0.4 is 5.73 Å². The van der Waals surface area contributed by atoms with Crippen molar-refractivity contribution in [2.24, 2.45) is 11.1 Å². The number of nitro groups is 1. The molecule has 112 valence electrons. The number of non-ortho nitro benzene ring substituents is 1. The highest BCUT2D eigenvalue weighted by Gasteiger charge is 2.32. The van der Waals surface area contributed by atoms with Crippen molar-refractivity contribution < 1.29 is 9.31 Å². The van der Waals surface area contributed by atoms with Crippen LogP contribution in [0.5, 0.6) is 0 Å². The van der Waals surface area contributed by atoms with Crippen molar-refractivity contribution in [3.05, 3.63) is 39.7 Å². The van der Waals surface area contributed by atoms with Crippen LogP contribution in [-0.4, -0.2) is 29.5 Å². The Hall–Kier alpha value is -1.24. The van der Waals surface area contributed by atoms with Gasteiger partial charge in [-0.2, -0.15) is 0 Å². The highest BCUT2D eigenvalue weighted by molar-refractivity contribution is 5.85. The molecule has 0 amide bonds. The summed E-state index contributed by atoms with van der Waals surface area (Å²) in [7, 11) is 0. The fourth-order valence-electron chi connectivity index (χ4n) is 2.45. The molecule has 2 N–H and O–H groups in total. The average Bonchev–Trinajstić information content (AvgIpc) is 2.74. The molecule has 1 aliphatic heterocycles. The lowest BCUT2D eigenvalue weighted by atomic mass is 9.90. The summed E-state index contributed by atoms with van der Waals surface area (Å²) in [5, 5.41) is 10.5. The van der Waals surface area contributed by atoms with E-state index in [1.807, 2.05) is 0 Å². The first kappa shape index (κ1) is 16.8. The number of nitrogens with two attached hydrogens (primary N) is 1. The molecule has 0 aromatic heterocycles. The molecule has 1 unspecified atom stereocenters. The molecule has 0 saturated carbocycles. The van der Waals surface area contributed by atoms with E-state index in [1.54, 1.807) is 0 Å². The first-order valence-electron chi connectivity index (χ1n) is 6.29. The van der Waals surface area contributed by atoms with E-state index in [4.69, 9.17) is 5.73 Å². The Morgan fingerprint density at radius 2 is 2.25 bits per heavy atom. The predicted octanol–water partition coefficient (Wildman–Crippen LogP) is 2.33. The smallest absolute Gasteiger partial charge is 0.272 e. The van der Waals surface area contributed by atoms with Crippen molar-refractivity contribution in [1.82, 2.24) is 4.90 Å². The summed E-state index contributed by atoms with van der Waals surface area (Å²) in [4.78, 5) is 12.1. The lowest BCUT2D eigenvalue weighted by Gasteiger charge is -2.22. The second-order valence-corrected chi connectivity index (χ2v) is 5.51. The normalized spacial score (nSPS) is 22.6. The molecule has 5 nitrogen and oxygen atoms in total. The molecule has 1 heterocycles. The fraction of sp³-hybridized carbons (Fsp3) is 0.538. The molecular weight excluding hydrogens is 285 g/mol. The molecule has 1 aromatic rings. The third-order valence-corrected chi connectivity index (χ3v) is 3.77. The van der Waals surface area contributed by atoms with E-state index in [2.05, 4.69) is 11.8 Å². The summed E-state index contributed by atoms with van der Waals surface area (Å²) in [6, 6.07) is 3.82. The van der Waals surface area contributed by atoms with Gasteiger partial charge in [0, 0.05) is 24.7 Å². The Morgan fingerprint density at radius 1 is 1.55 bits per heavy atom. The third-order valence-electron chi connectivity index (χ3n) is 3.77. The highest BCUT2D eigenvalue weighted by Crippen LogP contribution is 2.30. The molecule has 20 heavy (non-hydrogen) atoms. The van der Waals surface area contributed by atoms with Gasteiger partial charge >= 0.3 is 0 Å². The van der Waals surface area contributed by atoms with E-state index in [9.17, 15) is 14.5 Å². The van der Waals surface area contributed by atoms with Crippen LogP contribution in [0, 0.1) is 21.3 Å². The molecule has 1 aliphatic rings. The Balaban J connectivity index is 0.00000200. The van der Waals surface area contributed by atoms with Gasteiger partial charge in [-0.1, -0.05) is 6.92 Å². The molecule has 2 rings (SSSR count). The minimum atomic E-state index is -0.589. The quantitative estimate of drug-likeness (QED) is 0.684. The van der Waals surface area contributed by atoms with E-state index < -0.39 is 10.7 Å². The Kier molecular flexibility index (Phi) is 5.44. The first-order chi connectivity index (χ1) is 8.93. The van der Waals surface area contributed by atoms with Crippen molar-refractivity contribution in [2.75, 3.05) is 19.6 Å². The van der Waals surface area contributed by atoms with Crippen molar-refractivity contribution in [1.29, 1.82) is 0 Å². The van der Waals surface area contributed by atoms with Crippen LogP contribution in [0.15, 0.2) is 18.2 Å². The van der Waals surface area contributed by atoms with Crippen LogP contribution in [0.3, 0.4) is 0 Å². The number of rotatable bonds is 4. The highest BCUT2D eigenvalue weighted by atomic mass is 35.5. The number of nitro benzene ring substituents is 1. The van der Waals surface area contributed by atoms with Gasteiger partial charge in [0.05, 0.1) is 11.0 Å². The minimum Gasteiger partial charge on any atom is -0.330 e. The Morgan fingerprint density at radius 3 is 2.75 bits per heavy atom. The Labute approximate surface area is 123 Å². The maximum Gasteiger partial charge on any atom is 0.272 e. The second-order valence-electron chi connectivity index (χ2n) is 5.51. The van der Waals surface area contributed by atoms with E-state index in [1.165, 1.54) is 12.1 Å². The molecule has 1 aromatic carbocycles. The van der Waals surface area contributed by atoms with Gasteiger partial charge in [-0.3, -0.25) is 15.0 Å². The number of likely N-dealkylation sites (tertiary alicyclic amines) is 1. The lowest BCUT2D eigenvalue weighted by Crippen LogP contribution is -2.31. The number of hydrogen-bond acceptors (Lipinski definition) is 4. The molecular formula is C13H19ClFN3O2. The zero-order valence-corrected chi connectivity index (χ0v) is 12.2. The van der Waals surface area contributed by atoms with Gasteiger partial charge in [0.2, 0.25) is 0 Å². The van der Waals surface area contributed by atoms with Crippen molar-refractivity contribution >= 4 is 18.1 Å². The minimum absolute atomic E-state index is 0. The van der Waals surface area contributed by atoms with E-state index in [0.717, 1.165) is 25.6 Å². The van der Waals surface area contributed by atoms with Crippen LogP contribution >= 0.6 is 12.4 Å². The van der Waals surface area contributed by atoms with Crippen molar-refractivity contribution in [3.8, 4) is 0 Å². The van der Waals surface area contributed by atoms with Gasteiger partial charge in [0.1, 0.15) is 5.82 Å². The number of halogens is 2. The number of nitrogens with zero attached hydrogens (tertiary/aromatic N) is 2. The third kappa shape index (κ3) is 3.65. The lowest BCUT2D eigenvalue weighted by molar-refractivity contribution is -0.385. The van der Waals surface area contributed by atoms with Crippen LogP contribution in [-0.2, 0) is 6.54 Å². The van der Waals surface area contributed by atoms with Gasteiger partial charge in [-0.25, -0.2) is 4.39 Å². The monoisotopic (exact) mass is 303 g/mol. The molecule has 1 saturated heterocycles. The van der Waals surface area contributed by atoms with Crippen LogP contribution in [0.25, 0.3) is 0 Å². The first-order valence-corrected chi connectivity index (χ1v) is 6.29. The average molecular weight is 304 g/mol. The largest absolute Gasteiger partial charge is 0.330 e. The molecule has 0 bridgehead atoms. The van der Waals surface area contributed by atoms with Gasteiger partial charge < -0.3 is 5.73 Å². The van der Waals surface area contributed by atoms with Gasteiger partial charge in [-0.15, -0.1) is 12.4 Å². The molecule has 1 fully saturated rings. The zero-order chi connectivity index (χ0) is 14.0. The Bertz CT molecular complexity index is 501. The number of benzene rings is 1. The predicted molar refractivity (Wildman–Crippen MR) is 77.4 cm³/mol. The number of hydrogen-bond donors (Lipinski definition) is 1. The standard InChI is InChI=1S/C13H18FN3O2.ClH/c1-13(8-15)4-5-16(9-13)7-10-2-3-11(17(18)19)6-12(10)14;/h2-3,6H,4-5,7-9,15H2,1H3;1H. The van der Waals surface area contributed by atoms with Crippen molar-refractivity contribution in [3.63, 3.8) is 0 Å². The van der Waals surface area contributed by atoms with Gasteiger partial charge in [-0.05, 0) is 31.0 Å². The summed E-state index contributed by atoms with van der Waals surface area (Å²) in [5.41, 5.74) is 6.10. The zero-order valence-electron chi connectivity index (χ0n) is 11.3. The van der Waals surface area contributed by atoms with Crippen LogP contribution in [0.4, 0.5) is 10.1 Å². The SMILES string of the molecule is CC1(CN)CCN(Cc2ccc([N+](=O)[O-])cc2F)C1.Cl. The van der Waals surface area contributed by atoms with E-state index in [0.29, 0.717) is 18.7 Å². The van der Waals surface area contributed by atoms with Crippen LogP contribution in [0.2, 0.25) is 0 Å². The van der Waals surface area contributed by atoms with Gasteiger partial charge in [0.25, 0.3) is 5.69 Å². The molecule has 0 spiro atoms. The fourth-order valence-corrected chi connectivity index (χ4v) is 2.45. The van der Waals surface area contributed by atoms with Crippen molar-refractivity contribution in [2.45, 2.75) is 19.9 Å². The molecule has 1 atom stereocenters. The van der Waals surface area contributed by atoms with Crippen LogP contribution in [0.1, 0.15) is 18.9 Å². The maximum atomic E-state index is 13.8. The molecule has 0 radical (unpaired) electrons. The molecule has 0 aliphatic carbocycles. The summed E-state index contributed by atoms with van der Waals surface area (Å²) >= 11 is 0. The van der Waals surface area contributed by atoms with E-state index in [-0.39, 0.29) is 23.5 Å². The molecule has 7 heteroatoms. The summed E-state index contributed by atoms with van der Waals surface area (Å²) in [6.07, 6.45) is 0.998. The summed E-state index contributed by atoms with van der Waals surface area (Å²) in [6.45, 7) is 4.93. The second kappa shape index (κ2) is 6.47. The maximum absolute atomic E-state index is 13.8. The summed E-state index contributed by atoms with van der Waals surface area (Å²) < 4.78 is 13.8. The topological polar surface area (TPSA) is 72.4 Å².